The molecular weight excluding hydrogens is 556 g/mol. The molecule has 2 nitrogen and oxygen atoms in total. The number of pyridine rings is 2. The summed E-state index contributed by atoms with van der Waals surface area (Å²) >= 11 is 0. The monoisotopic (exact) mass is 596 g/mol. The van der Waals surface area contributed by atoms with E-state index < -0.39 is 0 Å². The number of nitrogens with zero attached hydrogens (tertiary/aromatic N) is 2. The van der Waals surface area contributed by atoms with Gasteiger partial charge in [-0.15, -0.1) is 0 Å². The molecule has 46 heavy (non-hydrogen) atoms. The van der Waals surface area contributed by atoms with Crippen molar-refractivity contribution >= 4 is 16.5 Å². The summed E-state index contributed by atoms with van der Waals surface area (Å²) in [6, 6.07) is 39.0. The van der Waals surface area contributed by atoms with Gasteiger partial charge >= 0.3 is 0 Å². The molecule has 2 heteroatoms. The van der Waals surface area contributed by atoms with Crippen LogP contribution in [0.3, 0.4) is 0 Å². The fourth-order valence-electron chi connectivity index (χ4n) is 8.52. The lowest BCUT2D eigenvalue weighted by Gasteiger charge is -2.27. The lowest BCUT2D eigenvalue weighted by molar-refractivity contribution is -0.689. The molecule has 4 aromatic carbocycles. The highest BCUT2D eigenvalue weighted by Gasteiger charge is 2.41. The minimum absolute atomic E-state index is 0.0789. The van der Waals surface area contributed by atoms with Crippen LogP contribution >= 0.6 is 0 Å². The summed E-state index contributed by atoms with van der Waals surface area (Å²) < 4.78 is 4.92. The Bertz CT molecular complexity index is 2280. The maximum Gasteiger partial charge on any atom is 0.218 e. The van der Waals surface area contributed by atoms with E-state index in [1.807, 2.05) is 0 Å². The second-order valence-corrected chi connectivity index (χ2v) is 15.1. The molecule has 1 atom stereocenters. The van der Waals surface area contributed by atoms with Gasteiger partial charge in [0.05, 0.1) is 23.5 Å². The molecule has 2 aromatic heterocycles. The molecule has 3 aliphatic rings. The van der Waals surface area contributed by atoms with Gasteiger partial charge in [0, 0.05) is 29.7 Å². The van der Waals surface area contributed by atoms with Gasteiger partial charge in [0.15, 0.2) is 24.6 Å². The van der Waals surface area contributed by atoms with Gasteiger partial charge in [-0.05, 0) is 85.5 Å². The van der Waals surface area contributed by atoms with Gasteiger partial charge in [-0.3, -0.25) is 0 Å². The topological polar surface area (TPSA) is 7.76 Å². The van der Waals surface area contributed by atoms with Gasteiger partial charge in [-0.1, -0.05) is 89.2 Å². The quantitative estimate of drug-likeness (QED) is 0.167. The highest BCUT2D eigenvalue weighted by molar-refractivity contribution is 5.98. The van der Waals surface area contributed by atoms with Crippen molar-refractivity contribution in [1.29, 1.82) is 0 Å². The van der Waals surface area contributed by atoms with Crippen LogP contribution in [-0.2, 0) is 23.8 Å². The first-order valence-corrected chi connectivity index (χ1v) is 16.7. The first-order chi connectivity index (χ1) is 22.2. The molecule has 0 saturated heterocycles. The molecule has 9 rings (SSSR count). The maximum absolute atomic E-state index is 2.57. The van der Waals surface area contributed by atoms with Crippen LogP contribution in [0.2, 0.25) is 0 Å². The third-order valence-corrected chi connectivity index (χ3v) is 10.9. The molecule has 4 heterocycles. The Morgan fingerprint density at radius 2 is 1.52 bits per heavy atom. The lowest BCUT2D eigenvalue weighted by Crippen LogP contribution is -2.43. The SMILES string of the molecule is CC(C)(C)c1cc[n+]2c(c1)-c1cc3c(cc1C(/C=C1\Cc4ccccc4-c4cccc[n+]41)C2)-c1ccc2ccccc2c1C3(C)C. The van der Waals surface area contributed by atoms with Gasteiger partial charge in [-0.25, -0.2) is 0 Å². The average Bonchev–Trinajstić information content (AvgIpc) is 3.29. The molecule has 1 aliphatic carbocycles. The van der Waals surface area contributed by atoms with Gasteiger partial charge in [0.1, 0.15) is 0 Å². The van der Waals surface area contributed by atoms with Gasteiger partial charge in [-0.2, -0.15) is 9.13 Å². The van der Waals surface area contributed by atoms with Gasteiger partial charge in [0.2, 0.25) is 11.4 Å². The molecule has 2 aliphatic heterocycles. The minimum atomic E-state index is -0.0969. The Labute approximate surface area is 272 Å². The van der Waals surface area contributed by atoms with Gasteiger partial charge in [0.25, 0.3) is 0 Å². The van der Waals surface area contributed by atoms with Crippen LogP contribution in [0.1, 0.15) is 68.4 Å². The Balaban J connectivity index is 1.28. The van der Waals surface area contributed by atoms with Crippen LogP contribution in [0.15, 0.2) is 122 Å². The smallest absolute Gasteiger partial charge is 0.197 e. The van der Waals surface area contributed by atoms with Crippen LogP contribution in [0.5, 0.6) is 0 Å². The molecule has 0 N–H and O–H groups in total. The molecule has 0 amide bonds. The molecule has 0 saturated carbocycles. The molecule has 0 bridgehead atoms. The number of fused-ring (bicyclic) bond motifs is 11. The summed E-state index contributed by atoms with van der Waals surface area (Å²) in [6.07, 6.45) is 8.07. The normalized spacial score (nSPS) is 17.9. The Morgan fingerprint density at radius 1 is 0.717 bits per heavy atom. The molecule has 0 spiro atoms. The van der Waals surface area contributed by atoms with E-state index in [0.717, 1.165) is 13.0 Å². The first kappa shape index (κ1) is 27.5. The summed E-state index contributed by atoms with van der Waals surface area (Å²) in [6.45, 7) is 12.7. The first-order valence-electron chi connectivity index (χ1n) is 16.7. The number of hydrogen-bond acceptors (Lipinski definition) is 0. The van der Waals surface area contributed by atoms with E-state index in [1.165, 1.54) is 77.9 Å². The molecule has 6 aromatic rings. The molecule has 0 radical (unpaired) electrons. The van der Waals surface area contributed by atoms with E-state index in [-0.39, 0.29) is 16.7 Å². The van der Waals surface area contributed by atoms with Crippen molar-refractivity contribution in [3.63, 3.8) is 0 Å². The summed E-state index contributed by atoms with van der Waals surface area (Å²) in [5.41, 5.74) is 16.5. The zero-order valence-electron chi connectivity index (χ0n) is 27.4. The standard InChI is InChI=1S/C44H40N2/c1-43(2,3)31-19-21-45-27-30(23-32-22-29-13-7-8-14-33(29)40-16-10-11-20-46(32)40)36-25-37-35-18-17-28-12-6-9-15-34(28)42(35)44(4,5)39(37)26-38(36)41(45)24-31/h6-21,23-26,30H,22,27H2,1-5H3/q+2/b32-23+. The predicted octanol–water partition coefficient (Wildman–Crippen LogP) is 9.55. The van der Waals surface area contributed by atoms with E-state index in [2.05, 4.69) is 165 Å². The van der Waals surface area contributed by atoms with E-state index in [0.29, 0.717) is 0 Å². The summed E-state index contributed by atoms with van der Waals surface area (Å²) in [4.78, 5) is 0. The van der Waals surface area contributed by atoms with Crippen LogP contribution in [-0.4, -0.2) is 0 Å². The highest BCUT2D eigenvalue weighted by atomic mass is 15.0. The average molecular weight is 597 g/mol. The zero-order chi connectivity index (χ0) is 31.4. The van der Waals surface area contributed by atoms with E-state index in [9.17, 15) is 0 Å². The number of benzene rings is 4. The number of rotatable bonds is 1. The second-order valence-electron chi connectivity index (χ2n) is 15.1. The van der Waals surface area contributed by atoms with Crippen LogP contribution in [0, 0.1) is 0 Å². The molecule has 1 unspecified atom stereocenters. The number of hydrogen-bond donors (Lipinski definition) is 0. The number of allylic oxidation sites excluding steroid dienone is 2. The van der Waals surface area contributed by atoms with Crippen molar-refractivity contribution in [2.75, 3.05) is 0 Å². The predicted molar refractivity (Wildman–Crippen MR) is 189 cm³/mol. The fraction of sp³-hybridized carbons (Fsp3) is 0.227. The summed E-state index contributed by atoms with van der Waals surface area (Å²) in [5.74, 6) is 0.242. The van der Waals surface area contributed by atoms with Crippen LogP contribution < -0.4 is 9.13 Å². The van der Waals surface area contributed by atoms with E-state index in [1.54, 1.807) is 0 Å². The third-order valence-electron chi connectivity index (χ3n) is 10.9. The molecule has 0 fully saturated rings. The van der Waals surface area contributed by atoms with Crippen molar-refractivity contribution in [3.8, 4) is 33.6 Å². The van der Waals surface area contributed by atoms with Crippen molar-refractivity contribution in [1.82, 2.24) is 0 Å². The van der Waals surface area contributed by atoms with Gasteiger partial charge < -0.3 is 0 Å². The van der Waals surface area contributed by atoms with Crippen LogP contribution in [0.25, 0.3) is 50.1 Å². The molecular formula is C44H40N2+2. The third kappa shape index (κ3) is 3.95. The zero-order valence-corrected chi connectivity index (χ0v) is 27.4. The van der Waals surface area contributed by atoms with Crippen LogP contribution in [0.4, 0.5) is 0 Å². The van der Waals surface area contributed by atoms with Crippen molar-refractivity contribution in [2.24, 2.45) is 0 Å². The van der Waals surface area contributed by atoms with Crippen molar-refractivity contribution < 1.29 is 9.13 Å². The fourth-order valence-corrected chi connectivity index (χ4v) is 8.52. The van der Waals surface area contributed by atoms with Crippen molar-refractivity contribution in [2.45, 2.75) is 64.3 Å². The maximum atomic E-state index is 2.57. The Hall–Kier alpha value is -4.82. The summed E-state index contributed by atoms with van der Waals surface area (Å²) in [7, 11) is 0. The van der Waals surface area contributed by atoms with Crippen molar-refractivity contribution in [3.05, 3.63) is 149 Å². The highest BCUT2D eigenvalue weighted by Crippen LogP contribution is 2.54. The number of aromatic nitrogens is 2. The Kier molecular flexibility index (Phi) is 5.73. The van der Waals surface area contributed by atoms with E-state index >= 15 is 0 Å². The largest absolute Gasteiger partial charge is 0.218 e. The minimum Gasteiger partial charge on any atom is -0.197 e. The lowest BCUT2D eigenvalue weighted by atomic mass is 9.77. The second kappa shape index (κ2) is 9.59. The summed E-state index contributed by atoms with van der Waals surface area (Å²) in [5, 5.41) is 2.69. The Morgan fingerprint density at radius 3 is 2.39 bits per heavy atom. The van der Waals surface area contributed by atoms with E-state index in [4.69, 9.17) is 0 Å². The molecule has 224 valence electrons.